The molecule has 0 atom stereocenters. The van der Waals surface area contributed by atoms with E-state index in [1.165, 1.54) is 12.5 Å². The van der Waals surface area contributed by atoms with Gasteiger partial charge in [-0.3, -0.25) is 4.79 Å². The number of nitrogens with one attached hydrogen (secondary N) is 1. The number of halogens is 1. The first-order valence-electron chi connectivity index (χ1n) is 9.46. The SMILES string of the molecule is CCOC(=O)c1cc(F)cc(C)c1NC(=O)C1([N+]2(C)CCCCC2)CC1. The number of quaternary nitrogens is 1. The van der Waals surface area contributed by atoms with Crippen molar-refractivity contribution in [3.05, 3.63) is 29.1 Å². The Bertz CT molecular complexity index is 722. The molecule has 2 fully saturated rings. The number of esters is 1. The predicted octanol–water partition coefficient (Wildman–Crippen LogP) is 3.41. The summed E-state index contributed by atoms with van der Waals surface area (Å²) in [5, 5.41) is 2.95. The molecule has 1 aromatic rings. The van der Waals surface area contributed by atoms with Gasteiger partial charge in [0, 0.05) is 12.8 Å². The van der Waals surface area contributed by atoms with Gasteiger partial charge in [-0.05, 0) is 50.8 Å². The van der Waals surface area contributed by atoms with E-state index in [0.29, 0.717) is 11.3 Å². The summed E-state index contributed by atoms with van der Waals surface area (Å²) in [7, 11) is 2.16. The number of ether oxygens (including phenoxy) is 1. The third kappa shape index (κ3) is 3.22. The minimum atomic E-state index is -0.617. The molecule has 26 heavy (non-hydrogen) atoms. The van der Waals surface area contributed by atoms with E-state index < -0.39 is 17.3 Å². The molecule has 3 rings (SSSR count). The summed E-state index contributed by atoms with van der Waals surface area (Å²) in [6, 6.07) is 2.46. The molecule has 1 aliphatic heterocycles. The highest BCUT2D eigenvalue weighted by atomic mass is 19.1. The molecule has 1 heterocycles. The van der Waals surface area contributed by atoms with Crippen LogP contribution >= 0.6 is 0 Å². The highest BCUT2D eigenvalue weighted by Gasteiger charge is 2.64. The van der Waals surface area contributed by atoms with E-state index >= 15 is 0 Å². The summed E-state index contributed by atoms with van der Waals surface area (Å²) in [6.45, 7) is 5.59. The van der Waals surface area contributed by atoms with Crippen LogP contribution in [-0.4, -0.2) is 48.6 Å². The first kappa shape index (κ1) is 18.8. The molecule has 1 aliphatic carbocycles. The maximum Gasteiger partial charge on any atom is 0.340 e. The van der Waals surface area contributed by atoms with Crippen molar-refractivity contribution in [2.75, 3.05) is 32.1 Å². The van der Waals surface area contributed by atoms with Crippen LogP contribution in [0, 0.1) is 12.7 Å². The van der Waals surface area contributed by atoms with Gasteiger partial charge in [-0.15, -0.1) is 0 Å². The Morgan fingerprint density at radius 2 is 1.88 bits per heavy atom. The highest BCUT2D eigenvalue weighted by Crippen LogP contribution is 2.48. The van der Waals surface area contributed by atoms with Gasteiger partial charge in [0.15, 0.2) is 5.54 Å². The number of rotatable bonds is 5. The molecule has 1 saturated carbocycles. The van der Waals surface area contributed by atoms with Crippen LogP contribution in [0.3, 0.4) is 0 Å². The molecule has 1 N–H and O–H groups in total. The second kappa shape index (κ2) is 6.99. The Kier molecular flexibility index (Phi) is 5.06. The van der Waals surface area contributed by atoms with Crippen molar-refractivity contribution in [3.8, 4) is 0 Å². The molecule has 1 amide bonds. The van der Waals surface area contributed by atoms with Crippen molar-refractivity contribution in [3.63, 3.8) is 0 Å². The number of hydrogen-bond acceptors (Lipinski definition) is 3. The Balaban J connectivity index is 1.89. The lowest BCUT2D eigenvalue weighted by molar-refractivity contribution is -0.938. The molecule has 0 spiro atoms. The second-order valence-corrected chi connectivity index (χ2v) is 7.76. The molecule has 2 aliphatic rings. The fraction of sp³-hybridized carbons (Fsp3) is 0.600. The molecule has 142 valence electrons. The van der Waals surface area contributed by atoms with Gasteiger partial charge >= 0.3 is 5.97 Å². The molecule has 0 bridgehead atoms. The minimum Gasteiger partial charge on any atom is -0.462 e. The number of nitrogens with zero attached hydrogens (tertiary/aromatic N) is 1. The molecular formula is C20H28FN2O3+. The first-order chi connectivity index (χ1) is 12.3. The quantitative estimate of drug-likeness (QED) is 0.644. The normalized spacial score (nSPS) is 20.3. The number of benzene rings is 1. The Morgan fingerprint density at radius 1 is 1.23 bits per heavy atom. The van der Waals surface area contributed by atoms with Crippen LogP contribution in [0.15, 0.2) is 12.1 Å². The summed E-state index contributed by atoms with van der Waals surface area (Å²) < 4.78 is 19.6. The first-order valence-corrected chi connectivity index (χ1v) is 9.46. The lowest BCUT2D eigenvalue weighted by Crippen LogP contribution is -2.61. The van der Waals surface area contributed by atoms with Gasteiger partial charge in [0.05, 0.1) is 38.0 Å². The van der Waals surface area contributed by atoms with E-state index in [9.17, 15) is 14.0 Å². The summed E-state index contributed by atoms with van der Waals surface area (Å²) in [4.78, 5) is 25.4. The lowest BCUT2D eigenvalue weighted by atomic mass is 10.0. The van der Waals surface area contributed by atoms with Crippen molar-refractivity contribution in [1.29, 1.82) is 0 Å². The average Bonchev–Trinajstić information content (AvgIpc) is 3.40. The fourth-order valence-corrected chi connectivity index (χ4v) is 4.28. The molecular weight excluding hydrogens is 335 g/mol. The predicted molar refractivity (Wildman–Crippen MR) is 97.5 cm³/mol. The molecule has 0 radical (unpaired) electrons. The van der Waals surface area contributed by atoms with Gasteiger partial charge in [-0.1, -0.05) is 0 Å². The minimum absolute atomic E-state index is 0.0674. The van der Waals surface area contributed by atoms with Crippen molar-refractivity contribution in [2.45, 2.75) is 51.5 Å². The van der Waals surface area contributed by atoms with Gasteiger partial charge < -0.3 is 14.5 Å². The smallest absolute Gasteiger partial charge is 0.340 e. The summed E-state index contributed by atoms with van der Waals surface area (Å²) in [5.74, 6) is -1.20. The number of amides is 1. The van der Waals surface area contributed by atoms with Crippen molar-refractivity contribution in [1.82, 2.24) is 0 Å². The van der Waals surface area contributed by atoms with E-state index in [0.717, 1.165) is 49.3 Å². The number of anilines is 1. The molecule has 0 aromatic heterocycles. The largest absolute Gasteiger partial charge is 0.462 e. The van der Waals surface area contributed by atoms with E-state index in [-0.39, 0.29) is 18.1 Å². The Morgan fingerprint density at radius 3 is 2.46 bits per heavy atom. The van der Waals surface area contributed by atoms with Crippen molar-refractivity contribution < 1.29 is 23.2 Å². The number of aryl methyl sites for hydroxylation is 1. The molecule has 1 saturated heterocycles. The van der Waals surface area contributed by atoms with Gasteiger partial charge in [0.1, 0.15) is 5.82 Å². The van der Waals surface area contributed by atoms with Crippen molar-refractivity contribution in [2.24, 2.45) is 0 Å². The monoisotopic (exact) mass is 363 g/mol. The van der Waals surface area contributed by atoms with Gasteiger partial charge in [0.2, 0.25) is 0 Å². The summed E-state index contributed by atoms with van der Waals surface area (Å²) >= 11 is 0. The zero-order valence-electron chi connectivity index (χ0n) is 15.9. The van der Waals surface area contributed by atoms with Crippen LogP contribution in [0.5, 0.6) is 0 Å². The summed E-state index contributed by atoms with van der Waals surface area (Å²) in [5.41, 5.74) is 0.547. The standard InChI is InChI=1S/C20H27FN2O3/c1-4-26-18(24)16-13-15(21)12-14(2)17(16)22-19(25)20(8-9-20)23(3)10-6-5-7-11-23/h12-13H,4-11H2,1-3H3/p+1. The van der Waals surface area contributed by atoms with Crippen LogP contribution in [0.4, 0.5) is 10.1 Å². The number of carbonyl (C=O) groups excluding carboxylic acids is 2. The number of carbonyl (C=O) groups is 2. The molecule has 0 unspecified atom stereocenters. The van der Waals surface area contributed by atoms with Crippen LogP contribution < -0.4 is 5.32 Å². The fourth-order valence-electron chi connectivity index (χ4n) is 4.28. The Hall–Kier alpha value is -1.95. The van der Waals surface area contributed by atoms with E-state index in [1.54, 1.807) is 13.8 Å². The van der Waals surface area contributed by atoms with Crippen LogP contribution in [0.25, 0.3) is 0 Å². The average molecular weight is 363 g/mol. The van der Waals surface area contributed by atoms with Gasteiger partial charge in [0.25, 0.3) is 5.91 Å². The highest BCUT2D eigenvalue weighted by molar-refractivity contribution is 6.05. The lowest BCUT2D eigenvalue weighted by Gasteiger charge is -2.44. The van der Waals surface area contributed by atoms with Crippen molar-refractivity contribution >= 4 is 17.6 Å². The third-order valence-electron chi connectivity index (χ3n) is 6.02. The summed E-state index contributed by atoms with van der Waals surface area (Å²) in [6.07, 6.45) is 5.19. The second-order valence-electron chi connectivity index (χ2n) is 7.76. The van der Waals surface area contributed by atoms with E-state index in [4.69, 9.17) is 4.74 Å². The third-order valence-corrected chi connectivity index (χ3v) is 6.02. The molecule has 6 heteroatoms. The number of piperidine rings is 1. The number of likely N-dealkylation sites (N-methyl/N-ethyl adjacent to an activating group) is 1. The van der Waals surface area contributed by atoms with Gasteiger partial charge in [-0.2, -0.15) is 0 Å². The van der Waals surface area contributed by atoms with Crippen LogP contribution in [0.1, 0.15) is 54.9 Å². The van der Waals surface area contributed by atoms with E-state index in [1.807, 2.05) is 0 Å². The van der Waals surface area contributed by atoms with Crippen LogP contribution in [-0.2, 0) is 9.53 Å². The maximum absolute atomic E-state index is 13.8. The molecule has 1 aromatic carbocycles. The molecule has 5 nitrogen and oxygen atoms in total. The topological polar surface area (TPSA) is 55.4 Å². The number of likely N-dealkylation sites (tertiary alicyclic amines) is 1. The zero-order valence-corrected chi connectivity index (χ0v) is 15.9. The Labute approximate surface area is 154 Å². The van der Waals surface area contributed by atoms with E-state index in [2.05, 4.69) is 12.4 Å². The van der Waals surface area contributed by atoms with Gasteiger partial charge in [-0.25, -0.2) is 9.18 Å². The van der Waals surface area contributed by atoms with Crippen LogP contribution in [0.2, 0.25) is 0 Å². The number of hydrogen-bond donors (Lipinski definition) is 1. The zero-order chi connectivity index (χ0) is 18.9. The maximum atomic E-state index is 13.8.